The van der Waals surface area contributed by atoms with Crippen molar-refractivity contribution >= 4 is 5.91 Å². The Morgan fingerprint density at radius 3 is 3.00 bits per heavy atom. The highest BCUT2D eigenvalue weighted by Crippen LogP contribution is 2.17. The molecule has 0 aliphatic heterocycles. The van der Waals surface area contributed by atoms with Gasteiger partial charge in [-0.25, -0.2) is 5.10 Å². The van der Waals surface area contributed by atoms with Crippen LogP contribution in [0.2, 0.25) is 0 Å². The molecule has 0 saturated heterocycles. The molecule has 0 unspecified atom stereocenters. The summed E-state index contributed by atoms with van der Waals surface area (Å²) < 4.78 is 5.42. The maximum atomic E-state index is 11.9. The van der Waals surface area contributed by atoms with E-state index in [9.17, 15) is 9.59 Å². The highest BCUT2D eigenvalue weighted by Gasteiger charge is 2.21. The third kappa shape index (κ3) is 3.52. The van der Waals surface area contributed by atoms with Crippen molar-refractivity contribution in [3.05, 3.63) is 58.0 Å². The molecule has 1 heterocycles. The van der Waals surface area contributed by atoms with Gasteiger partial charge in [0.1, 0.15) is 5.75 Å². The van der Waals surface area contributed by atoms with Gasteiger partial charge in [-0.15, -0.1) is 0 Å². The van der Waals surface area contributed by atoms with Crippen molar-refractivity contribution in [2.24, 2.45) is 0 Å². The van der Waals surface area contributed by atoms with E-state index in [1.807, 2.05) is 30.3 Å². The highest BCUT2D eigenvalue weighted by atomic mass is 16.5. The van der Waals surface area contributed by atoms with Gasteiger partial charge in [0.25, 0.3) is 11.5 Å². The minimum atomic E-state index is -0.210. The van der Waals surface area contributed by atoms with E-state index in [4.69, 9.17) is 4.74 Å². The number of carbonyl (C=O) groups is 1. The van der Waals surface area contributed by atoms with E-state index < -0.39 is 0 Å². The van der Waals surface area contributed by atoms with Gasteiger partial charge < -0.3 is 10.1 Å². The summed E-state index contributed by atoms with van der Waals surface area (Å²) in [7, 11) is 0. The predicted molar refractivity (Wildman–Crippen MR) is 80.8 cm³/mol. The number of aromatic nitrogens is 2. The zero-order valence-electron chi connectivity index (χ0n) is 12.0. The van der Waals surface area contributed by atoms with Crippen LogP contribution in [0.5, 0.6) is 5.75 Å². The molecule has 0 saturated carbocycles. The lowest BCUT2D eigenvalue weighted by Crippen LogP contribution is -2.41. The molecule has 1 aromatic heterocycles. The molecule has 0 bridgehead atoms. The van der Waals surface area contributed by atoms with Gasteiger partial charge in [0.05, 0.1) is 5.69 Å². The van der Waals surface area contributed by atoms with Gasteiger partial charge in [-0.3, -0.25) is 9.59 Å². The number of carbonyl (C=O) groups excluding carboxylic acids is 1. The molecule has 1 aromatic carbocycles. The average Bonchev–Trinajstić information content (AvgIpc) is 2.53. The first kappa shape index (κ1) is 14.3. The summed E-state index contributed by atoms with van der Waals surface area (Å²) >= 11 is 0. The first-order valence-corrected chi connectivity index (χ1v) is 7.25. The monoisotopic (exact) mass is 299 g/mol. The van der Waals surface area contributed by atoms with E-state index in [0.29, 0.717) is 12.2 Å². The Balaban J connectivity index is 1.53. The van der Waals surface area contributed by atoms with Crippen molar-refractivity contribution in [2.45, 2.75) is 25.3 Å². The fourth-order valence-electron chi connectivity index (χ4n) is 2.60. The smallest absolute Gasteiger partial charge is 0.264 e. The summed E-state index contributed by atoms with van der Waals surface area (Å²) in [5.41, 5.74) is 1.60. The topological polar surface area (TPSA) is 84.1 Å². The first-order chi connectivity index (χ1) is 10.7. The minimum absolute atomic E-state index is 0.0129. The molecule has 114 valence electrons. The van der Waals surface area contributed by atoms with Crippen LogP contribution in [0, 0.1) is 0 Å². The van der Waals surface area contributed by atoms with Gasteiger partial charge in [-0.05, 0) is 37.0 Å². The molecule has 3 rings (SSSR count). The first-order valence-electron chi connectivity index (χ1n) is 7.25. The van der Waals surface area contributed by atoms with Crippen LogP contribution in [0.4, 0.5) is 0 Å². The fraction of sp³-hybridized carbons (Fsp3) is 0.312. The maximum absolute atomic E-state index is 11.9. The summed E-state index contributed by atoms with van der Waals surface area (Å²) in [4.78, 5) is 23.2. The summed E-state index contributed by atoms with van der Waals surface area (Å²) in [5, 5.41) is 9.42. The van der Waals surface area contributed by atoms with Crippen LogP contribution >= 0.6 is 0 Å². The Kier molecular flexibility index (Phi) is 4.18. The molecule has 0 radical (unpaired) electrons. The lowest BCUT2D eigenvalue weighted by atomic mass is 9.92. The number of H-pyrrole nitrogens is 1. The molecule has 0 fully saturated rings. The summed E-state index contributed by atoms with van der Waals surface area (Å²) in [5.74, 6) is 0.512. The summed E-state index contributed by atoms with van der Waals surface area (Å²) in [6, 6.07) is 10.8. The third-order valence-electron chi connectivity index (χ3n) is 3.65. The van der Waals surface area contributed by atoms with Crippen molar-refractivity contribution in [3.63, 3.8) is 0 Å². The molecular formula is C16H17N3O3. The molecule has 1 amide bonds. The fourth-order valence-corrected chi connectivity index (χ4v) is 2.60. The third-order valence-corrected chi connectivity index (χ3v) is 3.65. The van der Waals surface area contributed by atoms with Crippen molar-refractivity contribution in [1.82, 2.24) is 15.5 Å². The Labute approximate surface area is 127 Å². The molecule has 2 N–H and O–H groups in total. The van der Waals surface area contributed by atoms with Crippen LogP contribution in [0.15, 0.2) is 41.2 Å². The van der Waals surface area contributed by atoms with Gasteiger partial charge in [-0.2, -0.15) is 5.10 Å². The van der Waals surface area contributed by atoms with Crippen LogP contribution in [0.3, 0.4) is 0 Å². The van der Waals surface area contributed by atoms with Crippen LogP contribution < -0.4 is 15.6 Å². The van der Waals surface area contributed by atoms with E-state index in [2.05, 4.69) is 15.5 Å². The Morgan fingerprint density at radius 2 is 2.18 bits per heavy atom. The second kappa shape index (κ2) is 6.43. The predicted octanol–water partition coefficient (Wildman–Crippen LogP) is 0.822. The zero-order chi connectivity index (χ0) is 15.4. The number of hydrogen-bond acceptors (Lipinski definition) is 4. The molecular weight excluding hydrogens is 282 g/mol. The van der Waals surface area contributed by atoms with Gasteiger partial charge in [-0.1, -0.05) is 18.2 Å². The number of benzene rings is 1. The van der Waals surface area contributed by atoms with Crippen LogP contribution in [0.1, 0.15) is 17.7 Å². The molecule has 6 nitrogen and oxygen atoms in total. The SMILES string of the molecule is O=C(COc1ccccc1)N[C@@H]1CCc2n[nH]c(=O)cc2C1. The molecule has 2 aromatic rings. The average molecular weight is 299 g/mol. The van der Waals surface area contributed by atoms with Crippen LogP contribution in [-0.2, 0) is 17.6 Å². The van der Waals surface area contributed by atoms with Crippen LogP contribution in [-0.4, -0.2) is 28.8 Å². The van der Waals surface area contributed by atoms with Gasteiger partial charge in [0.15, 0.2) is 6.61 Å². The number of nitrogens with one attached hydrogen (secondary N) is 2. The Bertz CT molecular complexity index is 712. The van der Waals surface area contributed by atoms with E-state index in [1.54, 1.807) is 6.07 Å². The Hall–Kier alpha value is -2.63. The van der Waals surface area contributed by atoms with Crippen molar-refractivity contribution in [3.8, 4) is 5.75 Å². The molecule has 1 atom stereocenters. The molecule has 0 spiro atoms. The molecule has 1 aliphatic rings. The number of amides is 1. The molecule has 1 aliphatic carbocycles. The van der Waals surface area contributed by atoms with Gasteiger partial charge in [0.2, 0.25) is 0 Å². The number of fused-ring (bicyclic) bond motifs is 1. The van der Waals surface area contributed by atoms with E-state index in [0.717, 1.165) is 24.1 Å². The van der Waals surface area contributed by atoms with Crippen molar-refractivity contribution in [2.75, 3.05) is 6.61 Å². The number of para-hydroxylation sites is 1. The van der Waals surface area contributed by atoms with Crippen molar-refractivity contribution < 1.29 is 9.53 Å². The number of aromatic amines is 1. The number of hydrogen-bond donors (Lipinski definition) is 2. The summed E-state index contributed by atoms with van der Waals surface area (Å²) in [6.45, 7) is -0.0129. The van der Waals surface area contributed by atoms with E-state index in [-0.39, 0.29) is 24.1 Å². The minimum Gasteiger partial charge on any atom is -0.484 e. The lowest BCUT2D eigenvalue weighted by molar-refractivity contribution is -0.123. The van der Waals surface area contributed by atoms with E-state index >= 15 is 0 Å². The second-order valence-electron chi connectivity index (χ2n) is 5.31. The number of aryl methyl sites for hydroxylation is 1. The lowest BCUT2D eigenvalue weighted by Gasteiger charge is -2.24. The van der Waals surface area contributed by atoms with Crippen LogP contribution in [0.25, 0.3) is 0 Å². The Morgan fingerprint density at radius 1 is 1.36 bits per heavy atom. The molecule has 6 heteroatoms. The largest absolute Gasteiger partial charge is 0.484 e. The zero-order valence-corrected chi connectivity index (χ0v) is 12.0. The standard InChI is InChI=1S/C16H17N3O3/c20-15-9-11-8-12(6-7-14(11)18-19-15)17-16(21)10-22-13-4-2-1-3-5-13/h1-5,9,12H,6-8,10H2,(H,17,21)(H,19,20)/t12-/m1/s1. The van der Waals surface area contributed by atoms with Crippen molar-refractivity contribution in [1.29, 1.82) is 0 Å². The quantitative estimate of drug-likeness (QED) is 0.875. The maximum Gasteiger partial charge on any atom is 0.264 e. The number of ether oxygens (including phenoxy) is 1. The van der Waals surface area contributed by atoms with Gasteiger partial charge >= 0.3 is 0 Å². The van der Waals surface area contributed by atoms with E-state index in [1.165, 1.54) is 0 Å². The number of rotatable bonds is 4. The normalized spacial score (nSPS) is 16.6. The van der Waals surface area contributed by atoms with Gasteiger partial charge in [0, 0.05) is 12.1 Å². The second-order valence-corrected chi connectivity index (χ2v) is 5.31. The summed E-state index contributed by atoms with van der Waals surface area (Å²) in [6.07, 6.45) is 2.18. The highest BCUT2D eigenvalue weighted by molar-refractivity contribution is 5.77. The number of nitrogens with zero attached hydrogens (tertiary/aromatic N) is 1. The molecule has 22 heavy (non-hydrogen) atoms.